The van der Waals surface area contributed by atoms with Gasteiger partial charge in [0.1, 0.15) is 0 Å². The summed E-state index contributed by atoms with van der Waals surface area (Å²) in [5, 5.41) is 0. The second-order valence-electron chi connectivity index (χ2n) is 2.51. The molecular formula is C9H14N2OS. The quantitative estimate of drug-likeness (QED) is 0.724. The molecular weight excluding hydrogens is 184 g/mol. The first-order valence-corrected chi connectivity index (χ1v) is 5.29. The van der Waals surface area contributed by atoms with Gasteiger partial charge in [0.2, 0.25) is 5.88 Å². The molecule has 0 bridgehead atoms. The summed E-state index contributed by atoms with van der Waals surface area (Å²) < 4.78 is 5.12. The van der Waals surface area contributed by atoms with Crippen molar-refractivity contribution in [1.29, 1.82) is 0 Å². The lowest BCUT2D eigenvalue weighted by Gasteiger charge is -2.05. The molecule has 0 fully saturated rings. The summed E-state index contributed by atoms with van der Waals surface area (Å²) in [6, 6.07) is 3.94. The molecule has 1 aromatic heterocycles. The van der Waals surface area contributed by atoms with Crippen molar-refractivity contribution in [3.8, 4) is 5.88 Å². The molecule has 3 nitrogen and oxygen atoms in total. The molecule has 0 saturated heterocycles. The van der Waals surface area contributed by atoms with E-state index in [1.807, 2.05) is 12.1 Å². The van der Waals surface area contributed by atoms with Crippen molar-refractivity contribution < 1.29 is 4.74 Å². The number of ether oxygens (including phenoxy) is 1. The summed E-state index contributed by atoms with van der Waals surface area (Å²) in [7, 11) is 1.64. The molecule has 0 saturated carbocycles. The highest BCUT2D eigenvalue weighted by atomic mass is 32.2. The Morgan fingerprint density at radius 2 is 2.46 bits per heavy atom. The van der Waals surface area contributed by atoms with E-state index in [0.29, 0.717) is 12.4 Å². The molecule has 0 spiro atoms. The average molecular weight is 198 g/mol. The van der Waals surface area contributed by atoms with Gasteiger partial charge in [-0.25, -0.2) is 4.98 Å². The van der Waals surface area contributed by atoms with E-state index in [-0.39, 0.29) is 0 Å². The fourth-order valence-electron chi connectivity index (χ4n) is 0.983. The van der Waals surface area contributed by atoms with Gasteiger partial charge in [0.25, 0.3) is 0 Å². The van der Waals surface area contributed by atoms with Crippen LogP contribution in [0.1, 0.15) is 5.56 Å². The lowest BCUT2D eigenvalue weighted by atomic mass is 10.3. The zero-order chi connectivity index (χ0) is 9.52. The molecule has 13 heavy (non-hydrogen) atoms. The molecule has 0 aliphatic heterocycles. The molecule has 0 aromatic carbocycles. The van der Waals surface area contributed by atoms with E-state index >= 15 is 0 Å². The summed E-state index contributed by atoms with van der Waals surface area (Å²) in [6.07, 6.45) is 1.73. The molecule has 2 N–H and O–H groups in total. The maximum atomic E-state index is 5.40. The van der Waals surface area contributed by atoms with Gasteiger partial charge in [0, 0.05) is 29.8 Å². The third-order valence-electron chi connectivity index (χ3n) is 1.56. The second kappa shape index (κ2) is 5.83. The van der Waals surface area contributed by atoms with E-state index in [0.717, 1.165) is 17.1 Å². The van der Waals surface area contributed by atoms with Crippen LogP contribution in [0.15, 0.2) is 18.3 Å². The number of aromatic nitrogens is 1. The van der Waals surface area contributed by atoms with Gasteiger partial charge in [0.15, 0.2) is 0 Å². The first kappa shape index (κ1) is 10.3. The lowest BCUT2D eigenvalue weighted by Crippen LogP contribution is -2.02. The van der Waals surface area contributed by atoms with Crippen molar-refractivity contribution in [3.63, 3.8) is 0 Å². The highest BCUT2D eigenvalue weighted by Gasteiger charge is 2.01. The van der Waals surface area contributed by atoms with Crippen molar-refractivity contribution in [3.05, 3.63) is 23.9 Å². The Kier molecular flexibility index (Phi) is 4.64. The highest BCUT2D eigenvalue weighted by molar-refractivity contribution is 7.98. The van der Waals surface area contributed by atoms with Crippen LogP contribution in [0.25, 0.3) is 0 Å². The van der Waals surface area contributed by atoms with Gasteiger partial charge in [0.05, 0.1) is 7.11 Å². The van der Waals surface area contributed by atoms with E-state index in [2.05, 4.69) is 4.98 Å². The minimum atomic E-state index is 0.715. The van der Waals surface area contributed by atoms with Crippen LogP contribution < -0.4 is 10.5 Å². The number of thioether (sulfide) groups is 1. The number of nitrogens with two attached hydrogens (primary N) is 1. The van der Waals surface area contributed by atoms with Crippen LogP contribution in [0.5, 0.6) is 5.88 Å². The van der Waals surface area contributed by atoms with Crippen LogP contribution in [0.4, 0.5) is 0 Å². The molecule has 0 aliphatic carbocycles. The SMILES string of the molecule is COc1ncccc1CSCCN. The molecule has 0 aliphatic rings. The van der Waals surface area contributed by atoms with Crippen LogP contribution >= 0.6 is 11.8 Å². The summed E-state index contributed by atoms with van der Waals surface area (Å²) in [6.45, 7) is 0.716. The van der Waals surface area contributed by atoms with E-state index in [4.69, 9.17) is 10.5 Å². The molecule has 0 amide bonds. The predicted molar refractivity (Wildman–Crippen MR) is 56.0 cm³/mol. The Morgan fingerprint density at radius 1 is 1.62 bits per heavy atom. The van der Waals surface area contributed by atoms with Crippen LogP contribution in [0, 0.1) is 0 Å². The van der Waals surface area contributed by atoms with Crippen LogP contribution in [-0.4, -0.2) is 24.4 Å². The average Bonchev–Trinajstić information content (AvgIpc) is 2.19. The van der Waals surface area contributed by atoms with Gasteiger partial charge in [-0.2, -0.15) is 11.8 Å². The normalized spacial score (nSPS) is 10.0. The minimum absolute atomic E-state index is 0.715. The molecule has 0 unspecified atom stereocenters. The Morgan fingerprint density at radius 3 is 3.15 bits per heavy atom. The summed E-state index contributed by atoms with van der Waals surface area (Å²) in [4.78, 5) is 4.11. The Balaban J connectivity index is 2.54. The predicted octanol–water partition coefficient (Wildman–Crippen LogP) is 1.28. The topological polar surface area (TPSA) is 48.1 Å². The van der Waals surface area contributed by atoms with Crippen molar-refractivity contribution in [1.82, 2.24) is 4.98 Å². The monoisotopic (exact) mass is 198 g/mol. The van der Waals surface area contributed by atoms with Crippen LogP contribution in [-0.2, 0) is 5.75 Å². The smallest absolute Gasteiger partial charge is 0.217 e. The van der Waals surface area contributed by atoms with Gasteiger partial charge in [-0.1, -0.05) is 6.07 Å². The van der Waals surface area contributed by atoms with Crippen molar-refractivity contribution >= 4 is 11.8 Å². The number of pyridine rings is 1. The highest BCUT2D eigenvalue weighted by Crippen LogP contribution is 2.19. The van der Waals surface area contributed by atoms with Gasteiger partial charge >= 0.3 is 0 Å². The molecule has 1 rings (SSSR count). The molecule has 4 heteroatoms. The van der Waals surface area contributed by atoms with E-state index in [9.17, 15) is 0 Å². The number of nitrogens with zero attached hydrogens (tertiary/aromatic N) is 1. The second-order valence-corrected chi connectivity index (χ2v) is 3.62. The molecule has 1 heterocycles. The fraction of sp³-hybridized carbons (Fsp3) is 0.444. The first-order chi connectivity index (χ1) is 6.38. The minimum Gasteiger partial charge on any atom is -0.481 e. The zero-order valence-corrected chi connectivity index (χ0v) is 8.51. The Bertz CT molecular complexity index is 255. The fourth-order valence-corrected chi connectivity index (χ4v) is 1.73. The van der Waals surface area contributed by atoms with Crippen LogP contribution in [0.2, 0.25) is 0 Å². The number of methoxy groups -OCH3 is 1. The maximum Gasteiger partial charge on any atom is 0.217 e. The largest absolute Gasteiger partial charge is 0.481 e. The van der Waals surface area contributed by atoms with Crippen LogP contribution in [0.3, 0.4) is 0 Å². The van der Waals surface area contributed by atoms with Gasteiger partial charge < -0.3 is 10.5 Å². The van der Waals surface area contributed by atoms with E-state index < -0.39 is 0 Å². The standard InChI is InChI=1S/C9H14N2OS/c1-12-9-8(3-2-5-11-9)7-13-6-4-10/h2-3,5H,4,6-7,10H2,1H3. The summed E-state index contributed by atoms with van der Waals surface area (Å²) in [5.74, 6) is 2.60. The van der Waals surface area contributed by atoms with Crippen molar-refractivity contribution in [2.45, 2.75) is 5.75 Å². The summed E-state index contributed by atoms with van der Waals surface area (Å²) in [5.41, 5.74) is 6.52. The Hall–Kier alpha value is -0.740. The molecule has 72 valence electrons. The number of hydrogen-bond acceptors (Lipinski definition) is 4. The summed E-state index contributed by atoms with van der Waals surface area (Å²) >= 11 is 1.79. The molecule has 0 atom stereocenters. The van der Waals surface area contributed by atoms with Crippen molar-refractivity contribution in [2.75, 3.05) is 19.4 Å². The van der Waals surface area contributed by atoms with E-state index in [1.165, 1.54) is 0 Å². The van der Waals surface area contributed by atoms with Gasteiger partial charge in [-0.3, -0.25) is 0 Å². The number of hydrogen-bond donors (Lipinski definition) is 1. The maximum absolute atomic E-state index is 5.40. The lowest BCUT2D eigenvalue weighted by molar-refractivity contribution is 0.394. The third kappa shape index (κ3) is 3.24. The van der Waals surface area contributed by atoms with Gasteiger partial charge in [-0.15, -0.1) is 0 Å². The number of rotatable bonds is 5. The zero-order valence-electron chi connectivity index (χ0n) is 7.69. The first-order valence-electron chi connectivity index (χ1n) is 4.14. The molecule has 1 aromatic rings. The van der Waals surface area contributed by atoms with E-state index in [1.54, 1.807) is 25.1 Å². The van der Waals surface area contributed by atoms with Gasteiger partial charge in [-0.05, 0) is 6.07 Å². The third-order valence-corrected chi connectivity index (χ3v) is 2.60. The Labute approximate surface area is 82.7 Å². The van der Waals surface area contributed by atoms with Crippen molar-refractivity contribution in [2.24, 2.45) is 5.73 Å². The molecule has 0 radical (unpaired) electrons.